The summed E-state index contributed by atoms with van der Waals surface area (Å²) in [5, 5.41) is 14.5. The van der Waals surface area contributed by atoms with Crippen LogP contribution >= 0.6 is 0 Å². The quantitative estimate of drug-likeness (QED) is 0.535. The van der Waals surface area contributed by atoms with Crippen LogP contribution in [0.4, 0.5) is 17.5 Å². The smallest absolute Gasteiger partial charge is 0.335 e. The van der Waals surface area contributed by atoms with Crippen molar-refractivity contribution in [3.63, 3.8) is 0 Å². The van der Waals surface area contributed by atoms with Gasteiger partial charge in [0.1, 0.15) is 5.82 Å². The lowest BCUT2D eigenvalue weighted by molar-refractivity contribution is -0.114. The molecule has 146 valence electrons. The molecule has 1 atom stereocenters. The minimum absolute atomic E-state index is 0.0497. The number of benzene rings is 1. The Labute approximate surface area is 159 Å². The molecule has 2 heterocycles. The lowest BCUT2D eigenvalue weighted by atomic mass is 9.96. The van der Waals surface area contributed by atoms with Crippen LogP contribution in [0, 0.1) is 5.92 Å². The van der Waals surface area contributed by atoms with Crippen LogP contribution in [0.15, 0.2) is 29.1 Å². The summed E-state index contributed by atoms with van der Waals surface area (Å²) in [4.78, 5) is 54.1. The molecule has 10 nitrogen and oxygen atoms in total. The van der Waals surface area contributed by atoms with Crippen molar-refractivity contribution in [2.45, 2.75) is 13.3 Å². The van der Waals surface area contributed by atoms with Gasteiger partial charge in [0.15, 0.2) is 0 Å². The van der Waals surface area contributed by atoms with Crippen molar-refractivity contribution >= 4 is 35.7 Å². The number of nitrogens with zero attached hydrogens (tertiary/aromatic N) is 2. The third-order valence-electron chi connectivity index (χ3n) is 4.39. The van der Waals surface area contributed by atoms with Gasteiger partial charge in [0, 0.05) is 25.7 Å². The van der Waals surface area contributed by atoms with E-state index in [1.807, 2.05) is 0 Å². The van der Waals surface area contributed by atoms with Crippen LogP contribution < -0.4 is 21.1 Å². The molecule has 0 aliphatic carbocycles. The van der Waals surface area contributed by atoms with Gasteiger partial charge < -0.3 is 15.3 Å². The zero-order chi connectivity index (χ0) is 20.3. The third kappa shape index (κ3) is 4.17. The number of anilines is 3. The van der Waals surface area contributed by atoms with Crippen molar-refractivity contribution in [1.29, 1.82) is 0 Å². The number of amides is 2. The van der Waals surface area contributed by atoms with E-state index >= 15 is 0 Å². The number of aromatic carboxylic acids is 1. The molecule has 0 spiro atoms. The van der Waals surface area contributed by atoms with Crippen molar-refractivity contribution in [2.75, 3.05) is 28.6 Å². The summed E-state index contributed by atoms with van der Waals surface area (Å²) in [7, 11) is 0. The summed E-state index contributed by atoms with van der Waals surface area (Å²) >= 11 is 0. The van der Waals surface area contributed by atoms with Gasteiger partial charge in [-0.15, -0.1) is 0 Å². The fourth-order valence-corrected chi connectivity index (χ4v) is 3.07. The molecule has 2 amide bonds. The van der Waals surface area contributed by atoms with Gasteiger partial charge >= 0.3 is 5.97 Å². The van der Waals surface area contributed by atoms with E-state index in [9.17, 15) is 19.2 Å². The van der Waals surface area contributed by atoms with E-state index in [4.69, 9.17) is 5.11 Å². The Morgan fingerprint density at radius 1 is 1.36 bits per heavy atom. The zero-order valence-electron chi connectivity index (χ0n) is 15.1. The fourth-order valence-electron chi connectivity index (χ4n) is 3.07. The largest absolute Gasteiger partial charge is 0.478 e. The number of carbonyl (C=O) groups is 3. The summed E-state index contributed by atoms with van der Waals surface area (Å²) in [6, 6.07) is 5.99. The van der Waals surface area contributed by atoms with Gasteiger partial charge in [-0.3, -0.25) is 24.7 Å². The summed E-state index contributed by atoms with van der Waals surface area (Å²) < 4.78 is 0. The molecular formula is C18H19N5O5. The highest BCUT2D eigenvalue weighted by Crippen LogP contribution is 2.23. The van der Waals surface area contributed by atoms with Gasteiger partial charge in [0.2, 0.25) is 18.3 Å². The van der Waals surface area contributed by atoms with Crippen LogP contribution in [-0.4, -0.2) is 46.5 Å². The molecule has 0 bridgehead atoms. The molecule has 1 aliphatic rings. The van der Waals surface area contributed by atoms with Gasteiger partial charge in [-0.2, -0.15) is 4.98 Å². The predicted octanol–water partition coefficient (Wildman–Crippen LogP) is 0.674. The third-order valence-corrected chi connectivity index (χ3v) is 4.39. The van der Waals surface area contributed by atoms with Crippen molar-refractivity contribution < 1.29 is 19.5 Å². The van der Waals surface area contributed by atoms with E-state index in [0.29, 0.717) is 43.0 Å². The van der Waals surface area contributed by atoms with Crippen LogP contribution in [0.25, 0.3) is 0 Å². The van der Waals surface area contributed by atoms with Gasteiger partial charge in [-0.1, -0.05) is 0 Å². The maximum absolute atomic E-state index is 12.3. The molecule has 0 saturated carbocycles. The Morgan fingerprint density at radius 2 is 2.07 bits per heavy atom. The highest BCUT2D eigenvalue weighted by atomic mass is 16.4. The van der Waals surface area contributed by atoms with E-state index in [1.165, 1.54) is 24.0 Å². The average molecular weight is 385 g/mol. The topological polar surface area (TPSA) is 144 Å². The summed E-state index contributed by atoms with van der Waals surface area (Å²) in [5.74, 6) is -0.941. The molecule has 1 aromatic heterocycles. The van der Waals surface area contributed by atoms with E-state index < -0.39 is 5.97 Å². The molecule has 4 N–H and O–H groups in total. The molecule has 2 aromatic rings. The Kier molecular flexibility index (Phi) is 5.39. The van der Waals surface area contributed by atoms with Crippen molar-refractivity contribution in [1.82, 2.24) is 9.97 Å². The van der Waals surface area contributed by atoms with Crippen molar-refractivity contribution in [2.24, 2.45) is 5.92 Å². The van der Waals surface area contributed by atoms with Crippen LogP contribution in [0.1, 0.15) is 22.8 Å². The Balaban J connectivity index is 1.74. The molecule has 0 fully saturated rings. The first-order chi connectivity index (χ1) is 13.4. The number of rotatable bonds is 6. The number of H-pyrrole nitrogens is 1. The van der Waals surface area contributed by atoms with E-state index in [-0.39, 0.29) is 28.9 Å². The first kappa shape index (κ1) is 19.1. The van der Waals surface area contributed by atoms with Crippen molar-refractivity contribution in [3.8, 4) is 0 Å². The molecule has 28 heavy (non-hydrogen) atoms. The summed E-state index contributed by atoms with van der Waals surface area (Å²) in [6.07, 6.45) is 1.08. The number of aromatic nitrogens is 2. The highest BCUT2D eigenvalue weighted by Gasteiger charge is 2.25. The van der Waals surface area contributed by atoms with Crippen LogP contribution in [0.3, 0.4) is 0 Å². The first-order valence-electron chi connectivity index (χ1n) is 8.57. The molecule has 1 unspecified atom stereocenters. The second-order valence-corrected chi connectivity index (χ2v) is 6.48. The Hall–Kier alpha value is -3.69. The van der Waals surface area contributed by atoms with Gasteiger partial charge in [0.25, 0.3) is 5.56 Å². The first-order valence-corrected chi connectivity index (χ1v) is 8.57. The number of nitrogens with one attached hydrogen (secondary N) is 3. The maximum Gasteiger partial charge on any atom is 0.335 e. The van der Waals surface area contributed by atoms with E-state index in [1.54, 1.807) is 12.1 Å². The molecule has 0 saturated heterocycles. The lowest BCUT2D eigenvalue weighted by Gasteiger charge is -2.29. The fraction of sp³-hybridized carbons (Fsp3) is 0.278. The van der Waals surface area contributed by atoms with E-state index in [2.05, 4.69) is 20.6 Å². The van der Waals surface area contributed by atoms with Crippen LogP contribution in [-0.2, 0) is 16.0 Å². The number of carboxylic acids is 1. The number of carboxylic acid groups (broad SMARTS) is 1. The maximum atomic E-state index is 12.3. The molecular weight excluding hydrogens is 366 g/mol. The summed E-state index contributed by atoms with van der Waals surface area (Å²) in [5.41, 5.74) is 0.807. The molecule has 3 rings (SSSR count). The van der Waals surface area contributed by atoms with E-state index in [0.717, 1.165) is 0 Å². The number of aromatic amines is 1. The monoisotopic (exact) mass is 385 g/mol. The van der Waals surface area contributed by atoms with Gasteiger partial charge in [-0.05, 0) is 36.6 Å². The van der Waals surface area contributed by atoms with Crippen LogP contribution in [0.5, 0.6) is 0 Å². The number of hydrogen-bond acceptors (Lipinski definition) is 6. The predicted molar refractivity (Wildman–Crippen MR) is 102 cm³/mol. The Morgan fingerprint density at radius 3 is 2.68 bits per heavy atom. The SMILES string of the molecule is CC(=O)Nc1nc2c(c(=O)[nH]1)CC(CN(C=O)c1ccc(C(=O)O)cc1)CN2. The molecule has 1 aromatic carbocycles. The Bertz CT molecular complexity index is 969. The average Bonchev–Trinajstić information content (AvgIpc) is 2.66. The molecule has 1 aliphatic heterocycles. The normalized spacial score (nSPS) is 15.1. The second kappa shape index (κ2) is 7.91. The summed E-state index contributed by atoms with van der Waals surface area (Å²) in [6.45, 7) is 2.15. The molecule has 0 radical (unpaired) electrons. The van der Waals surface area contributed by atoms with Crippen molar-refractivity contribution in [3.05, 3.63) is 45.7 Å². The lowest BCUT2D eigenvalue weighted by Crippen LogP contribution is -2.38. The highest BCUT2D eigenvalue weighted by molar-refractivity contribution is 5.88. The number of hydrogen-bond donors (Lipinski definition) is 4. The van der Waals surface area contributed by atoms with Gasteiger partial charge in [-0.25, -0.2) is 4.79 Å². The number of carbonyl (C=O) groups excluding carboxylic acids is 2. The minimum atomic E-state index is -1.04. The second-order valence-electron chi connectivity index (χ2n) is 6.48. The standard InChI is InChI=1S/C18H19N5O5/c1-10(25)20-18-21-15-14(16(26)22-18)6-11(7-19-15)8-23(9-24)13-4-2-12(3-5-13)17(27)28/h2-5,9,11H,6-8H2,1H3,(H,27,28)(H3,19,20,21,22,25,26). The number of fused-ring (bicyclic) bond motifs is 1. The van der Waals surface area contributed by atoms with Gasteiger partial charge in [0.05, 0.1) is 11.1 Å². The zero-order valence-corrected chi connectivity index (χ0v) is 15.1. The van der Waals surface area contributed by atoms with Crippen LogP contribution in [0.2, 0.25) is 0 Å². The molecule has 10 heteroatoms. The minimum Gasteiger partial charge on any atom is -0.478 e.